The molecule has 0 aromatic heterocycles. The molecule has 0 radical (unpaired) electrons. The fraction of sp³-hybridized carbons (Fsp3) is 0.536. The number of aliphatic hydroxyl groups excluding tert-OH is 1. The van der Waals surface area contributed by atoms with Gasteiger partial charge in [0.25, 0.3) is 10.1 Å². The third-order valence-electron chi connectivity index (χ3n) is 9.81. The maximum atomic E-state index is 13.4. The number of carboxylic acid groups (broad SMARTS) is 1. The molecule has 1 aromatic carbocycles. The molecular weight excluding hydrogens is 535 g/mol. The molecule has 9 nitrogen and oxygen atoms in total. The molecule has 1 aromatic rings. The van der Waals surface area contributed by atoms with E-state index in [1.807, 2.05) is 13.0 Å². The monoisotopic (exact) mass is 566 g/mol. The van der Waals surface area contributed by atoms with Gasteiger partial charge in [-0.05, 0) is 73.8 Å². The van der Waals surface area contributed by atoms with Crippen LogP contribution in [0, 0.1) is 28.6 Å². The summed E-state index contributed by atoms with van der Waals surface area (Å²) in [6.45, 7) is 2.90. The van der Waals surface area contributed by atoms with Gasteiger partial charge in [0.05, 0.1) is 17.0 Å². The van der Waals surface area contributed by atoms with Crippen molar-refractivity contribution in [1.29, 1.82) is 0 Å². The first kappa shape index (κ1) is 30.3. The Bertz CT molecular complexity index is 1380. The third kappa shape index (κ3) is 4.71. The Morgan fingerprint density at radius 1 is 1.21 bits per heavy atom. The molecule has 5 rings (SSSR count). The third-order valence-corrected chi connectivity index (χ3v) is 11.1. The number of fused-ring (bicyclic) bond motifs is 5. The van der Waals surface area contributed by atoms with Crippen molar-refractivity contribution in [3.63, 3.8) is 0 Å². The van der Waals surface area contributed by atoms with Crippen LogP contribution in [0.2, 0.25) is 0 Å². The molecule has 3 fully saturated rings. The average Bonchev–Trinajstić information content (AvgIpc) is 3.13. The maximum absolute atomic E-state index is 13.4. The van der Waals surface area contributed by atoms with E-state index in [0.29, 0.717) is 19.3 Å². The van der Waals surface area contributed by atoms with Crippen LogP contribution < -0.4 is 34.7 Å². The second-order valence-electron chi connectivity index (χ2n) is 11.6. The summed E-state index contributed by atoms with van der Waals surface area (Å²) >= 11 is 0. The number of ketones is 2. The number of carboxylic acids is 1. The summed E-state index contributed by atoms with van der Waals surface area (Å²) in [6.07, 6.45) is 6.43. The van der Waals surface area contributed by atoms with Gasteiger partial charge in [-0.1, -0.05) is 37.6 Å². The van der Waals surface area contributed by atoms with E-state index in [0.717, 1.165) is 17.7 Å². The molecule has 2 N–H and O–H groups in total. The molecule has 0 bridgehead atoms. The van der Waals surface area contributed by atoms with Gasteiger partial charge in [0.15, 0.2) is 11.6 Å². The van der Waals surface area contributed by atoms with Gasteiger partial charge in [-0.15, -0.1) is 0 Å². The Hall–Kier alpha value is -1.66. The number of aliphatic hydroxyl groups is 2. The van der Waals surface area contributed by atoms with Crippen LogP contribution >= 0.6 is 0 Å². The molecular formula is C28H31NaO9S. The number of rotatable bonds is 6. The molecule has 0 amide bonds. The van der Waals surface area contributed by atoms with Crippen LogP contribution in [-0.2, 0) is 23.9 Å². The summed E-state index contributed by atoms with van der Waals surface area (Å²) in [6, 6.07) is 4.43. The van der Waals surface area contributed by atoms with Crippen molar-refractivity contribution in [3.8, 4) is 0 Å². The van der Waals surface area contributed by atoms with Crippen LogP contribution in [0.5, 0.6) is 0 Å². The molecule has 0 aliphatic heterocycles. The zero-order valence-corrected chi connectivity index (χ0v) is 25.1. The fourth-order valence-corrected chi connectivity index (χ4v) is 8.80. The van der Waals surface area contributed by atoms with E-state index in [-0.39, 0.29) is 71.5 Å². The number of Topliss-reactive ketones (excluding diaryl/α,β-unsaturated/α-hetero) is 1. The molecule has 4 unspecified atom stereocenters. The van der Waals surface area contributed by atoms with E-state index in [1.165, 1.54) is 12.1 Å². The largest absolute Gasteiger partial charge is 1.00 e. The summed E-state index contributed by atoms with van der Waals surface area (Å²) in [5.74, 6) is -2.67. The molecule has 11 heteroatoms. The minimum Gasteiger partial charge on any atom is -0.545 e. The van der Waals surface area contributed by atoms with E-state index >= 15 is 0 Å². The van der Waals surface area contributed by atoms with Gasteiger partial charge in [-0.25, -0.2) is 0 Å². The number of hydrogen-bond acceptors (Lipinski definition) is 9. The molecule has 39 heavy (non-hydrogen) atoms. The second-order valence-corrected chi connectivity index (χ2v) is 13.2. The van der Waals surface area contributed by atoms with Gasteiger partial charge in [-0.3, -0.25) is 13.8 Å². The number of hydrogen-bond donors (Lipinski definition) is 2. The maximum Gasteiger partial charge on any atom is 1.00 e. The normalized spacial score (nSPS) is 37.1. The molecule has 4 aliphatic rings. The van der Waals surface area contributed by atoms with Crippen LogP contribution in [-0.4, -0.2) is 54.5 Å². The summed E-state index contributed by atoms with van der Waals surface area (Å²) in [5.41, 5.74) is -2.74. The van der Waals surface area contributed by atoms with Crippen LogP contribution in [0.3, 0.4) is 0 Å². The van der Waals surface area contributed by atoms with Crippen molar-refractivity contribution < 1.29 is 71.9 Å². The molecule has 204 valence electrons. The molecule has 4 aliphatic carbocycles. The molecule has 7 atom stereocenters. The van der Waals surface area contributed by atoms with E-state index in [4.69, 9.17) is 4.18 Å². The van der Waals surface area contributed by atoms with Gasteiger partial charge >= 0.3 is 29.6 Å². The summed E-state index contributed by atoms with van der Waals surface area (Å²) in [5, 5.41) is 34.3. The fourth-order valence-electron chi connectivity index (χ4n) is 7.89. The van der Waals surface area contributed by atoms with Crippen molar-refractivity contribution in [1.82, 2.24) is 0 Å². The minimum atomic E-state index is -4.49. The first-order valence-electron chi connectivity index (χ1n) is 12.8. The van der Waals surface area contributed by atoms with Crippen molar-refractivity contribution >= 4 is 27.7 Å². The van der Waals surface area contributed by atoms with Crippen LogP contribution in [0.15, 0.2) is 53.0 Å². The summed E-state index contributed by atoms with van der Waals surface area (Å²) in [7, 11) is -4.49. The standard InChI is InChI=1S/C28H32O9S.Na/c1-26-10-8-18(29)13-17(26)6-7-20-21-9-11-28(34,27(21,2)14-22(30)24(20)26)23(31)15-37-38(35,36)19-5-3-4-16(12-19)25(32)33;/h3-5,8,10,12-13,20-22,24,30,34H,6-7,9,11,14-15H2,1-2H3,(H,32,33);/q;+1/p-1/t20?,21?,22?,24?,26-,27-,28-;/m0./s1. The van der Waals surface area contributed by atoms with E-state index in [1.54, 1.807) is 19.1 Å². The Kier molecular flexibility index (Phi) is 8.01. The minimum absolute atomic E-state index is 0. The summed E-state index contributed by atoms with van der Waals surface area (Å²) < 4.78 is 30.3. The molecule has 0 heterocycles. The zero-order valence-electron chi connectivity index (χ0n) is 22.3. The smallest absolute Gasteiger partial charge is 0.545 e. The van der Waals surface area contributed by atoms with E-state index in [9.17, 15) is 38.1 Å². The molecule has 0 spiro atoms. The number of carbonyl (C=O) groups is 3. The van der Waals surface area contributed by atoms with Crippen LogP contribution in [0.1, 0.15) is 56.3 Å². The quantitative estimate of drug-likeness (QED) is 0.304. The number of benzene rings is 1. The van der Waals surface area contributed by atoms with Crippen LogP contribution in [0.25, 0.3) is 0 Å². The Morgan fingerprint density at radius 3 is 2.62 bits per heavy atom. The molecule has 0 saturated heterocycles. The Labute approximate surface area is 249 Å². The van der Waals surface area contributed by atoms with Crippen LogP contribution in [0.4, 0.5) is 0 Å². The number of carbonyl (C=O) groups excluding carboxylic acids is 3. The predicted octanol–water partition coefficient (Wildman–Crippen LogP) is -1.66. The van der Waals surface area contributed by atoms with Gasteiger partial charge in [0, 0.05) is 16.7 Å². The Morgan fingerprint density at radius 2 is 1.92 bits per heavy atom. The van der Waals surface area contributed by atoms with Crippen molar-refractivity contribution in [3.05, 3.63) is 53.6 Å². The topological polar surface area (TPSA) is 158 Å². The predicted molar refractivity (Wildman–Crippen MR) is 132 cm³/mol. The van der Waals surface area contributed by atoms with Crippen molar-refractivity contribution in [2.24, 2.45) is 28.6 Å². The SMILES string of the molecule is C[C@]12C=CC(=O)C=C1CCC1C2C(O)C[C@@]2(C)C1CC[C@]2(O)C(=O)COS(=O)(=O)c1cccc(C(=O)[O-])c1.[Na+]. The first-order valence-corrected chi connectivity index (χ1v) is 14.2. The van der Waals surface area contributed by atoms with E-state index in [2.05, 4.69) is 0 Å². The van der Waals surface area contributed by atoms with Crippen molar-refractivity contribution in [2.45, 2.75) is 62.6 Å². The van der Waals surface area contributed by atoms with Gasteiger partial charge in [0.1, 0.15) is 12.2 Å². The average molecular weight is 567 g/mol. The van der Waals surface area contributed by atoms with Crippen molar-refractivity contribution in [2.75, 3.05) is 6.61 Å². The summed E-state index contributed by atoms with van der Waals surface area (Å²) in [4.78, 5) is 36.0. The number of allylic oxidation sites excluding steroid dienone is 4. The zero-order chi connectivity index (χ0) is 27.7. The number of aromatic carboxylic acids is 1. The second kappa shape index (κ2) is 10.3. The Balaban J connectivity index is 0.00000353. The first-order chi connectivity index (χ1) is 17.7. The molecule has 3 saturated carbocycles. The van der Waals surface area contributed by atoms with Gasteiger partial charge < -0.3 is 20.1 Å². The van der Waals surface area contributed by atoms with Gasteiger partial charge in [0.2, 0.25) is 0 Å². The van der Waals surface area contributed by atoms with E-state index < -0.39 is 55.9 Å². The van der Waals surface area contributed by atoms with Gasteiger partial charge in [-0.2, -0.15) is 8.42 Å².